The molecule has 0 radical (unpaired) electrons. The number of carbonyl (C=O) groups excluding carboxylic acids is 3. The Morgan fingerprint density at radius 2 is 1.54 bits per heavy atom. The lowest BCUT2D eigenvalue weighted by Crippen LogP contribution is -2.32. The van der Waals surface area contributed by atoms with E-state index in [9.17, 15) is 14.4 Å². The number of carbonyl (C=O) groups is 3. The van der Waals surface area contributed by atoms with Gasteiger partial charge in [0.05, 0.1) is 16.1 Å². The predicted molar refractivity (Wildman–Crippen MR) is 89.3 cm³/mol. The lowest BCUT2D eigenvalue weighted by molar-refractivity contribution is -0.0590. The van der Waals surface area contributed by atoms with Gasteiger partial charge in [-0.25, -0.2) is 4.79 Å². The summed E-state index contributed by atoms with van der Waals surface area (Å²) >= 11 is 6.07. The molecule has 1 aliphatic rings. The van der Waals surface area contributed by atoms with Crippen LogP contribution in [0.3, 0.4) is 0 Å². The summed E-state index contributed by atoms with van der Waals surface area (Å²) in [5.41, 5.74) is 0.683. The average molecular weight is 369 g/mol. The van der Waals surface area contributed by atoms with Crippen LogP contribution in [0.1, 0.15) is 31.2 Å². The van der Waals surface area contributed by atoms with E-state index in [1.165, 1.54) is 18.2 Å². The smallest absolute Gasteiger partial charge is 0.355 e. The summed E-state index contributed by atoms with van der Waals surface area (Å²) in [6.45, 7) is 0. The van der Waals surface area contributed by atoms with E-state index in [1.807, 2.05) is 0 Å². The van der Waals surface area contributed by atoms with Gasteiger partial charge in [-0.15, -0.1) is 0 Å². The molecule has 0 saturated heterocycles. The van der Waals surface area contributed by atoms with Crippen molar-refractivity contribution in [3.63, 3.8) is 0 Å². The van der Waals surface area contributed by atoms with Gasteiger partial charge in [0.15, 0.2) is 11.5 Å². The topological polar surface area (TPSA) is 89.7 Å². The molecule has 8 heteroatoms. The standard InChI is InChI=1S/C18H9ClN2O5/c19-13-8-4-3-7-12(13)15-9-14(20-25-15)18(24)26-21-16(22)10-5-1-2-6-11(10)17(21)23/h1-9H. The van der Waals surface area contributed by atoms with E-state index < -0.39 is 17.8 Å². The van der Waals surface area contributed by atoms with Gasteiger partial charge in [-0.3, -0.25) is 9.59 Å². The van der Waals surface area contributed by atoms with Gasteiger partial charge in [0.25, 0.3) is 11.8 Å². The Kier molecular flexibility index (Phi) is 3.78. The second-order valence-corrected chi connectivity index (χ2v) is 5.79. The number of aromatic nitrogens is 1. The molecule has 128 valence electrons. The van der Waals surface area contributed by atoms with Gasteiger partial charge >= 0.3 is 5.97 Å². The molecule has 0 fully saturated rings. The van der Waals surface area contributed by atoms with Crippen LogP contribution in [-0.4, -0.2) is 28.0 Å². The van der Waals surface area contributed by atoms with Crippen LogP contribution >= 0.6 is 11.6 Å². The lowest BCUT2D eigenvalue weighted by Gasteiger charge is -2.10. The summed E-state index contributed by atoms with van der Waals surface area (Å²) in [5, 5.41) is 4.45. The average Bonchev–Trinajstić information content (AvgIpc) is 3.23. The van der Waals surface area contributed by atoms with Gasteiger partial charge < -0.3 is 9.36 Å². The van der Waals surface area contributed by atoms with E-state index in [4.69, 9.17) is 21.0 Å². The molecule has 0 atom stereocenters. The molecule has 0 saturated carbocycles. The Bertz CT molecular complexity index is 1020. The normalized spacial score (nSPS) is 13.0. The molecule has 7 nitrogen and oxygen atoms in total. The van der Waals surface area contributed by atoms with Crippen molar-refractivity contribution >= 4 is 29.4 Å². The third-order valence-electron chi connectivity index (χ3n) is 3.79. The van der Waals surface area contributed by atoms with Crippen molar-refractivity contribution in [3.8, 4) is 11.3 Å². The number of imide groups is 1. The van der Waals surface area contributed by atoms with Crippen LogP contribution in [0.4, 0.5) is 0 Å². The number of hydroxylamine groups is 2. The Balaban J connectivity index is 1.56. The molecule has 2 heterocycles. The van der Waals surface area contributed by atoms with Gasteiger partial charge in [-0.1, -0.05) is 46.1 Å². The molecule has 3 aromatic rings. The van der Waals surface area contributed by atoms with Crippen molar-refractivity contribution in [1.82, 2.24) is 10.2 Å². The van der Waals surface area contributed by atoms with E-state index in [1.54, 1.807) is 36.4 Å². The summed E-state index contributed by atoms with van der Waals surface area (Å²) in [5.74, 6) is -2.17. The van der Waals surface area contributed by atoms with E-state index >= 15 is 0 Å². The van der Waals surface area contributed by atoms with Gasteiger partial charge in [0.1, 0.15) is 0 Å². The molecule has 1 aliphatic heterocycles. The molecular formula is C18H9ClN2O5. The number of rotatable bonds is 3. The molecular weight excluding hydrogens is 360 g/mol. The maximum Gasteiger partial charge on any atom is 0.385 e. The lowest BCUT2D eigenvalue weighted by atomic mass is 10.1. The Morgan fingerprint density at radius 1 is 0.962 bits per heavy atom. The summed E-state index contributed by atoms with van der Waals surface area (Å²) in [4.78, 5) is 41.6. The van der Waals surface area contributed by atoms with E-state index in [0.717, 1.165) is 0 Å². The molecule has 0 spiro atoms. The van der Waals surface area contributed by atoms with Gasteiger partial charge in [0.2, 0.25) is 0 Å². The minimum Gasteiger partial charge on any atom is -0.355 e. The number of benzene rings is 2. The molecule has 0 bridgehead atoms. The van der Waals surface area contributed by atoms with Crippen LogP contribution in [-0.2, 0) is 4.84 Å². The first-order valence-electron chi connectivity index (χ1n) is 7.48. The molecule has 2 aromatic carbocycles. The van der Waals surface area contributed by atoms with Crippen molar-refractivity contribution in [2.24, 2.45) is 0 Å². The maximum atomic E-state index is 12.2. The predicted octanol–water partition coefficient (Wildman–Crippen LogP) is 3.36. The van der Waals surface area contributed by atoms with Crippen LogP contribution in [0, 0.1) is 0 Å². The maximum absolute atomic E-state index is 12.2. The first-order chi connectivity index (χ1) is 12.6. The second kappa shape index (κ2) is 6.12. The second-order valence-electron chi connectivity index (χ2n) is 5.39. The minimum atomic E-state index is -0.999. The molecule has 1 aromatic heterocycles. The van der Waals surface area contributed by atoms with Gasteiger partial charge in [0, 0.05) is 11.6 Å². The number of nitrogens with zero attached hydrogens (tertiary/aromatic N) is 2. The zero-order chi connectivity index (χ0) is 18.3. The van der Waals surface area contributed by atoms with Crippen molar-refractivity contribution in [1.29, 1.82) is 0 Å². The quantitative estimate of drug-likeness (QED) is 0.658. The summed E-state index contributed by atoms with van der Waals surface area (Å²) in [7, 11) is 0. The molecule has 4 rings (SSSR count). The van der Waals surface area contributed by atoms with Crippen molar-refractivity contribution in [3.05, 3.63) is 76.4 Å². The highest BCUT2D eigenvalue weighted by Crippen LogP contribution is 2.28. The third-order valence-corrected chi connectivity index (χ3v) is 4.12. The fourth-order valence-corrected chi connectivity index (χ4v) is 2.77. The molecule has 0 unspecified atom stereocenters. The Morgan fingerprint density at radius 3 is 2.15 bits per heavy atom. The van der Waals surface area contributed by atoms with Gasteiger partial charge in [-0.05, 0) is 24.3 Å². The van der Waals surface area contributed by atoms with Crippen molar-refractivity contribution < 1.29 is 23.7 Å². The first-order valence-corrected chi connectivity index (χ1v) is 7.86. The zero-order valence-electron chi connectivity index (χ0n) is 13.0. The fraction of sp³-hybridized carbons (Fsp3) is 0. The molecule has 0 aliphatic carbocycles. The summed E-state index contributed by atoms with van der Waals surface area (Å²) in [6.07, 6.45) is 0. The summed E-state index contributed by atoms with van der Waals surface area (Å²) < 4.78 is 5.11. The van der Waals surface area contributed by atoms with Crippen LogP contribution in [0.15, 0.2) is 59.1 Å². The molecule has 26 heavy (non-hydrogen) atoms. The van der Waals surface area contributed by atoms with E-state index in [0.29, 0.717) is 15.6 Å². The monoisotopic (exact) mass is 368 g/mol. The van der Waals surface area contributed by atoms with Crippen LogP contribution in [0.2, 0.25) is 5.02 Å². The number of halogens is 1. The number of hydrogen-bond acceptors (Lipinski definition) is 6. The number of fused-ring (bicyclic) bond motifs is 1. The largest absolute Gasteiger partial charge is 0.385 e. The van der Waals surface area contributed by atoms with E-state index in [2.05, 4.69) is 5.16 Å². The Labute approximate surface area is 151 Å². The van der Waals surface area contributed by atoms with Crippen LogP contribution < -0.4 is 0 Å². The highest BCUT2D eigenvalue weighted by molar-refractivity contribution is 6.33. The SMILES string of the molecule is O=C(ON1C(=O)c2ccccc2C1=O)c1cc(-c2ccccc2Cl)on1. The minimum absolute atomic E-state index is 0.169. The van der Waals surface area contributed by atoms with Gasteiger partial charge in [-0.2, -0.15) is 0 Å². The zero-order valence-corrected chi connectivity index (χ0v) is 13.8. The molecule has 0 N–H and O–H groups in total. The van der Waals surface area contributed by atoms with E-state index in [-0.39, 0.29) is 22.6 Å². The highest BCUT2D eigenvalue weighted by Gasteiger charge is 2.39. The number of hydrogen-bond donors (Lipinski definition) is 0. The van der Waals surface area contributed by atoms with Crippen molar-refractivity contribution in [2.45, 2.75) is 0 Å². The fourth-order valence-electron chi connectivity index (χ4n) is 2.54. The third kappa shape index (κ3) is 2.55. The van der Waals surface area contributed by atoms with Crippen LogP contribution in [0.25, 0.3) is 11.3 Å². The molecule has 2 amide bonds. The van der Waals surface area contributed by atoms with Crippen molar-refractivity contribution in [2.75, 3.05) is 0 Å². The first kappa shape index (κ1) is 16.0. The highest BCUT2D eigenvalue weighted by atomic mass is 35.5. The Hall–Kier alpha value is -3.45. The van der Waals surface area contributed by atoms with Crippen LogP contribution in [0.5, 0.6) is 0 Å². The number of amides is 2. The summed E-state index contributed by atoms with van der Waals surface area (Å²) in [6, 6.07) is 14.4.